The molecule has 1 aromatic rings. The van der Waals surface area contributed by atoms with Crippen molar-refractivity contribution < 1.29 is 14.3 Å². The van der Waals surface area contributed by atoms with E-state index in [-0.39, 0.29) is 12.1 Å². The standard InChI is InChI=1S/C19H30N2O3/c1-19(2,3)24-18(22)21-11-9-15(10-12-21)13-23-14-17(20)16-7-5-4-6-8-16/h4-8,15,17H,9-14,20H2,1-3H3/t17-/m1/s1. The van der Waals surface area contributed by atoms with E-state index in [0.717, 1.165) is 31.5 Å². The van der Waals surface area contributed by atoms with Crippen LogP contribution in [0.1, 0.15) is 45.2 Å². The summed E-state index contributed by atoms with van der Waals surface area (Å²) in [6.07, 6.45) is 1.67. The van der Waals surface area contributed by atoms with Crippen LogP contribution in [0.3, 0.4) is 0 Å². The van der Waals surface area contributed by atoms with Gasteiger partial charge in [0.25, 0.3) is 0 Å². The highest BCUT2D eigenvalue weighted by Crippen LogP contribution is 2.20. The van der Waals surface area contributed by atoms with Crippen molar-refractivity contribution in [2.45, 2.75) is 45.3 Å². The molecule has 2 rings (SSSR count). The molecule has 1 aliphatic heterocycles. The van der Waals surface area contributed by atoms with Crippen LogP contribution in [0.15, 0.2) is 30.3 Å². The Balaban J connectivity index is 1.65. The molecule has 1 aromatic carbocycles. The molecule has 1 heterocycles. The maximum Gasteiger partial charge on any atom is 0.410 e. The molecule has 0 unspecified atom stereocenters. The van der Waals surface area contributed by atoms with E-state index < -0.39 is 5.60 Å². The lowest BCUT2D eigenvalue weighted by Crippen LogP contribution is -2.42. The van der Waals surface area contributed by atoms with E-state index in [2.05, 4.69) is 0 Å². The molecule has 0 bridgehead atoms. The van der Waals surface area contributed by atoms with Crippen molar-refractivity contribution in [3.63, 3.8) is 0 Å². The summed E-state index contributed by atoms with van der Waals surface area (Å²) in [5, 5.41) is 0. The van der Waals surface area contributed by atoms with E-state index >= 15 is 0 Å². The SMILES string of the molecule is CC(C)(C)OC(=O)N1CCC(COC[C@@H](N)c2ccccc2)CC1. The number of amides is 1. The van der Waals surface area contributed by atoms with Gasteiger partial charge in [-0.25, -0.2) is 4.79 Å². The summed E-state index contributed by atoms with van der Waals surface area (Å²) in [5.74, 6) is 0.478. The number of benzene rings is 1. The van der Waals surface area contributed by atoms with Crippen LogP contribution >= 0.6 is 0 Å². The number of piperidine rings is 1. The molecule has 0 radical (unpaired) electrons. The minimum Gasteiger partial charge on any atom is -0.444 e. The maximum atomic E-state index is 12.0. The number of ether oxygens (including phenoxy) is 2. The van der Waals surface area contributed by atoms with Crippen LogP contribution in [-0.4, -0.2) is 42.9 Å². The second kappa shape index (κ2) is 8.49. The number of carbonyl (C=O) groups is 1. The fraction of sp³-hybridized carbons (Fsp3) is 0.632. The van der Waals surface area contributed by atoms with Crippen LogP contribution in [0.5, 0.6) is 0 Å². The van der Waals surface area contributed by atoms with Gasteiger partial charge in [0, 0.05) is 19.7 Å². The first-order valence-corrected chi connectivity index (χ1v) is 8.71. The molecule has 0 aromatic heterocycles. The van der Waals surface area contributed by atoms with Crippen molar-refractivity contribution in [3.8, 4) is 0 Å². The van der Waals surface area contributed by atoms with Gasteiger partial charge in [-0.2, -0.15) is 0 Å². The second-order valence-electron chi connectivity index (χ2n) is 7.47. The average Bonchev–Trinajstić information content (AvgIpc) is 2.54. The lowest BCUT2D eigenvalue weighted by atomic mass is 9.98. The number of likely N-dealkylation sites (tertiary alicyclic amines) is 1. The van der Waals surface area contributed by atoms with E-state index in [4.69, 9.17) is 15.2 Å². The molecule has 1 aliphatic rings. The van der Waals surface area contributed by atoms with Gasteiger partial charge in [-0.1, -0.05) is 30.3 Å². The van der Waals surface area contributed by atoms with Crippen LogP contribution in [0.2, 0.25) is 0 Å². The molecular formula is C19H30N2O3. The van der Waals surface area contributed by atoms with Gasteiger partial charge in [0.15, 0.2) is 0 Å². The number of carbonyl (C=O) groups excluding carboxylic acids is 1. The minimum atomic E-state index is -0.440. The zero-order valence-electron chi connectivity index (χ0n) is 15.0. The zero-order chi connectivity index (χ0) is 17.6. The molecule has 134 valence electrons. The first kappa shape index (κ1) is 18.7. The molecule has 1 atom stereocenters. The predicted molar refractivity (Wildman–Crippen MR) is 94.7 cm³/mol. The molecule has 1 amide bonds. The fourth-order valence-corrected chi connectivity index (χ4v) is 2.77. The highest BCUT2D eigenvalue weighted by Gasteiger charge is 2.26. The number of rotatable bonds is 5. The summed E-state index contributed by atoms with van der Waals surface area (Å²) in [4.78, 5) is 13.8. The first-order chi connectivity index (χ1) is 11.3. The van der Waals surface area contributed by atoms with E-state index in [1.54, 1.807) is 4.90 Å². The Labute approximate surface area is 145 Å². The van der Waals surface area contributed by atoms with Gasteiger partial charge in [-0.15, -0.1) is 0 Å². The summed E-state index contributed by atoms with van der Waals surface area (Å²) in [7, 11) is 0. The lowest BCUT2D eigenvalue weighted by Gasteiger charge is -2.33. The quantitative estimate of drug-likeness (QED) is 0.897. The zero-order valence-corrected chi connectivity index (χ0v) is 15.0. The number of nitrogens with zero attached hydrogens (tertiary/aromatic N) is 1. The molecular weight excluding hydrogens is 304 g/mol. The smallest absolute Gasteiger partial charge is 0.410 e. The Morgan fingerprint density at radius 3 is 2.46 bits per heavy atom. The monoisotopic (exact) mass is 334 g/mol. The van der Waals surface area contributed by atoms with Crippen LogP contribution in [0, 0.1) is 5.92 Å². The second-order valence-corrected chi connectivity index (χ2v) is 7.47. The van der Waals surface area contributed by atoms with Crippen molar-refractivity contribution in [1.82, 2.24) is 4.90 Å². The van der Waals surface area contributed by atoms with Gasteiger partial charge in [0.05, 0.1) is 12.6 Å². The third kappa shape index (κ3) is 6.13. The lowest BCUT2D eigenvalue weighted by molar-refractivity contribution is 0.0110. The van der Waals surface area contributed by atoms with Crippen molar-refractivity contribution in [2.75, 3.05) is 26.3 Å². The van der Waals surface area contributed by atoms with Crippen LogP contribution in [-0.2, 0) is 9.47 Å². The molecule has 1 fully saturated rings. The van der Waals surface area contributed by atoms with Gasteiger partial charge in [0.2, 0.25) is 0 Å². The molecule has 0 spiro atoms. The van der Waals surface area contributed by atoms with Crippen LogP contribution < -0.4 is 5.73 Å². The molecule has 2 N–H and O–H groups in total. The Kier molecular flexibility index (Phi) is 6.63. The van der Waals surface area contributed by atoms with Crippen molar-refractivity contribution in [3.05, 3.63) is 35.9 Å². The average molecular weight is 334 g/mol. The van der Waals surface area contributed by atoms with Crippen LogP contribution in [0.4, 0.5) is 4.79 Å². The van der Waals surface area contributed by atoms with Crippen molar-refractivity contribution in [2.24, 2.45) is 11.7 Å². The maximum absolute atomic E-state index is 12.0. The Morgan fingerprint density at radius 2 is 1.88 bits per heavy atom. The summed E-state index contributed by atoms with van der Waals surface area (Å²) in [6, 6.07) is 9.91. The fourth-order valence-electron chi connectivity index (χ4n) is 2.77. The largest absolute Gasteiger partial charge is 0.444 e. The van der Waals surface area contributed by atoms with Gasteiger partial charge in [-0.05, 0) is 45.1 Å². The number of hydrogen-bond donors (Lipinski definition) is 1. The summed E-state index contributed by atoms with van der Waals surface area (Å²) < 4.78 is 11.2. The highest BCUT2D eigenvalue weighted by molar-refractivity contribution is 5.68. The summed E-state index contributed by atoms with van der Waals surface area (Å²) in [5.41, 5.74) is 6.79. The van der Waals surface area contributed by atoms with E-state index in [0.29, 0.717) is 19.1 Å². The third-order valence-electron chi connectivity index (χ3n) is 4.14. The van der Waals surface area contributed by atoms with E-state index in [1.807, 2.05) is 51.1 Å². The summed E-state index contributed by atoms with van der Waals surface area (Å²) >= 11 is 0. The van der Waals surface area contributed by atoms with Gasteiger partial charge >= 0.3 is 6.09 Å². The molecule has 24 heavy (non-hydrogen) atoms. The number of hydrogen-bond acceptors (Lipinski definition) is 4. The van der Waals surface area contributed by atoms with Crippen molar-refractivity contribution >= 4 is 6.09 Å². The van der Waals surface area contributed by atoms with E-state index in [9.17, 15) is 4.79 Å². The van der Waals surface area contributed by atoms with Crippen molar-refractivity contribution in [1.29, 1.82) is 0 Å². The molecule has 0 saturated carbocycles. The first-order valence-electron chi connectivity index (χ1n) is 8.71. The Hall–Kier alpha value is -1.59. The molecule has 5 nitrogen and oxygen atoms in total. The predicted octanol–water partition coefficient (Wildman–Crippen LogP) is 3.35. The molecule has 0 aliphatic carbocycles. The normalized spacial score (nSPS) is 17.6. The summed E-state index contributed by atoms with van der Waals surface area (Å²) in [6.45, 7) is 8.35. The molecule has 1 saturated heterocycles. The Morgan fingerprint density at radius 1 is 1.25 bits per heavy atom. The topological polar surface area (TPSA) is 64.8 Å². The van der Waals surface area contributed by atoms with Gasteiger partial charge in [-0.3, -0.25) is 0 Å². The minimum absolute atomic E-state index is 0.0898. The third-order valence-corrected chi connectivity index (χ3v) is 4.14. The van der Waals surface area contributed by atoms with Gasteiger partial charge < -0.3 is 20.1 Å². The van der Waals surface area contributed by atoms with Gasteiger partial charge in [0.1, 0.15) is 5.60 Å². The number of nitrogens with two attached hydrogens (primary N) is 1. The molecule has 5 heteroatoms. The van der Waals surface area contributed by atoms with Crippen LogP contribution in [0.25, 0.3) is 0 Å². The van der Waals surface area contributed by atoms with E-state index in [1.165, 1.54) is 0 Å². The highest BCUT2D eigenvalue weighted by atomic mass is 16.6. The Bertz CT molecular complexity index is 505.